The van der Waals surface area contributed by atoms with E-state index in [9.17, 15) is 19.2 Å². The standard InChI is InChI=1S/C16H18N2O6/c1-24-11-4-2-10(3-5-11)9-18-7-6-12(19)14(16(18)23)15(22)17-8-13(20)21/h2-5,14H,6-9H2,1H3,(H,17,22)(H,20,21). The highest BCUT2D eigenvalue weighted by molar-refractivity contribution is 6.19. The van der Waals surface area contributed by atoms with E-state index in [1.807, 2.05) is 0 Å². The summed E-state index contributed by atoms with van der Waals surface area (Å²) in [6, 6.07) is 7.10. The fourth-order valence-electron chi connectivity index (χ4n) is 2.45. The lowest BCUT2D eigenvalue weighted by Gasteiger charge is -2.30. The smallest absolute Gasteiger partial charge is 0.322 e. The number of aliphatic carboxylic acids is 1. The second-order valence-corrected chi connectivity index (χ2v) is 5.37. The fourth-order valence-corrected chi connectivity index (χ4v) is 2.45. The highest BCUT2D eigenvalue weighted by Crippen LogP contribution is 2.19. The highest BCUT2D eigenvalue weighted by atomic mass is 16.5. The zero-order valence-corrected chi connectivity index (χ0v) is 13.2. The first kappa shape index (κ1) is 17.5. The zero-order chi connectivity index (χ0) is 17.7. The molecule has 8 heteroatoms. The molecule has 2 rings (SSSR count). The molecule has 24 heavy (non-hydrogen) atoms. The number of likely N-dealkylation sites (tertiary alicyclic amines) is 1. The van der Waals surface area contributed by atoms with Crippen LogP contribution in [0.15, 0.2) is 24.3 Å². The van der Waals surface area contributed by atoms with E-state index in [0.29, 0.717) is 5.75 Å². The van der Waals surface area contributed by atoms with E-state index >= 15 is 0 Å². The molecule has 1 aromatic carbocycles. The van der Waals surface area contributed by atoms with Gasteiger partial charge >= 0.3 is 5.97 Å². The first-order valence-electron chi connectivity index (χ1n) is 7.36. The highest BCUT2D eigenvalue weighted by Gasteiger charge is 2.40. The Morgan fingerprint density at radius 3 is 2.54 bits per heavy atom. The van der Waals surface area contributed by atoms with Crippen LogP contribution in [-0.2, 0) is 25.7 Å². The minimum absolute atomic E-state index is 0.0626. The van der Waals surface area contributed by atoms with Gasteiger partial charge in [0.1, 0.15) is 12.3 Å². The number of ether oxygens (including phenoxy) is 1. The van der Waals surface area contributed by atoms with Gasteiger partial charge in [-0.3, -0.25) is 19.2 Å². The van der Waals surface area contributed by atoms with Crippen molar-refractivity contribution in [2.24, 2.45) is 5.92 Å². The number of carbonyl (C=O) groups excluding carboxylic acids is 3. The summed E-state index contributed by atoms with van der Waals surface area (Å²) in [4.78, 5) is 48.2. The summed E-state index contributed by atoms with van der Waals surface area (Å²) in [5.41, 5.74) is 0.836. The number of piperidine rings is 1. The third-order valence-electron chi connectivity index (χ3n) is 3.72. The maximum Gasteiger partial charge on any atom is 0.322 e. The molecule has 128 valence electrons. The van der Waals surface area contributed by atoms with Crippen molar-refractivity contribution in [3.63, 3.8) is 0 Å². The van der Waals surface area contributed by atoms with Crippen LogP contribution in [-0.4, -0.2) is 53.8 Å². The number of carbonyl (C=O) groups is 4. The molecule has 1 aromatic rings. The number of nitrogens with one attached hydrogen (secondary N) is 1. The predicted molar refractivity (Wildman–Crippen MR) is 82.2 cm³/mol. The Balaban J connectivity index is 2.06. The molecule has 0 aliphatic carbocycles. The molecule has 0 bridgehead atoms. The minimum Gasteiger partial charge on any atom is -0.497 e. The van der Waals surface area contributed by atoms with Crippen molar-refractivity contribution in [1.29, 1.82) is 0 Å². The lowest BCUT2D eigenvalue weighted by Crippen LogP contribution is -2.52. The summed E-state index contributed by atoms with van der Waals surface area (Å²) in [7, 11) is 1.55. The molecule has 1 atom stereocenters. The topological polar surface area (TPSA) is 113 Å². The van der Waals surface area contributed by atoms with E-state index < -0.39 is 36.0 Å². The minimum atomic E-state index is -1.48. The van der Waals surface area contributed by atoms with Crippen LogP contribution in [0.5, 0.6) is 5.75 Å². The SMILES string of the molecule is COc1ccc(CN2CCC(=O)C(C(=O)NCC(=O)O)C2=O)cc1. The molecular weight excluding hydrogens is 316 g/mol. The van der Waals surface area contributed by atoms with Crippen molar-refractivity contribution in [3.8, 4) is 5.75 Å². The van der Waals surface area contributed by atoms with Crippen LogP contribution in [0.4, 0.5) is 0 Å². The lowest BCUT2D eigenvalue weighted by molar-refractivity contribution is -0.152. The quantitative estimate of drug-likeness (QED) is 0.698. The van der Waals surface area contributed by atoms with Gasteiger partial charge < -0.3 is 20.1 Å². The third kappa shape index (κ3) is 4.09. The number of methoxy groups -OCH3 is 1. The van der Waals surface area contributed by atoms with E-state index in [4.69, 9.17) is 9.84 Å². The Labute approximate surface area is 138 Å². The van der Waals surface area contributed by atoms with Crippen LogP contribution in [0.2, 0.25) is 0 Å². The zero-order valence-electron chi connectivity index (χ0n) is 13.2. The largest absolute Gasteiger partial charge is 0.497 e. The van der Waals surface area contributed by atoms with Gasteiger partial charge in [-0.2, -0.15) is 0 Å². The van der Waals surface area contributed by atoms with Crippen LogP contribution < -0.4 is 10.1 Å². The number of hydrogen-bond donors (Lipinski definition) is 2. The number of amides is 2. The predicted octanol–water partition coefficient (Wildman–Crippen LogP) is -0.186. The van der Waals surface area contributed by atoms with Crippen LogP contribution >= 0.6 is 0 Å². The molecule has 8 nitrogen and oxygen atoms in total. The summed E-state index contributed by atoms with van der Waals surface area (Å²) in [6.07, 6.45) is 0.0626. The number of carboxylic acids is 1. The Hall–Kier alpha value is -2.90. The van der Waals surface area contributed by atoms with Crippen molar-refractivity contribution in [2.45, 2.75) is 13.0 Å². The fraction of sp³-hybridized carbons (Fsp3) is 0.375. The van der Waals surface area contributed by atoms with Crippen LogP contribution in [0, 0.1) is 5.92 Å². The van der Waals surface area contributed by atoms with Gasteiger partial charge in [0.05, 0.1) is 7.11 Å². The van der Waals surface area contributed by atoms with Gasteiger partial charge in [-0.1, -0.05) is 12.1 Å². The molecular formula is C16H18N2O6. The van der Waals surface area contributed by atoms with Crippen molar-refractivity contribution in [1.82, 2.24) is 10.2 Å². The van der Waals surface area contributed by atoms with E-state index in [-0.39, 0.29) is 19.5 Å². The first-order valence-corrected chi connectivity index (χ1v) is 7.36. The Morgan fingerprint density at radius 1 is 1.29 bits per heavy atom. The number of nitrogens with zero attached hydrogens (tertiary/aromatic N) is 1. The van der Waals surface area contributed by atoms with Gasteiger partial charge in [0.25, 0.3) is 0 Å². The van der Waals surface area contributed by atoms with E-state index in [0.717, 1.165) is 5.56 Å². The Morgan fingerprint density at radius 2 is 1.96 bits per heavy atom. The number of benzene rings is 1. The average molecular weight is 334 g/mol. The van der Waals surface area contributed by atoms with Crippen molar-refractivity contribution in [3.05, 3.63) is 29.8 Å². The monoisotopic (exact) mass is 334 g/mol. The number of hydrogen-bond acceptors (Lipinski definition) is 5. The summed E-state index contributed by atoms with van der Waals surface area (Å²) in [5.74, 6) is -4.00. The molecule has 0 radical (unpaired) electrons. The van der Waals surface area contributed by atoms with E-state index in [2.05, 4.69) is 5.32 Å². The summed E-state index contributed by atoms with van der Waals surface area (Å²) < 4.78 is 5.06. The van der Waals surface area contributed by atoms with E-state index in [1.165, 1.54) is 4.90 Å². The molecule has 1 heterocycles. The van der Waals surface area contributed by atoms with Gasteiger partial charge in [-0.25, -0.2) is 0 Å². The second kappa shape index (κ2) is 7.58. The van der Waals surface area contributed by atoms with Gasteiger partial charge in [-0.15, -0.1) is 0 Å². The average Bonchev–Trinajstić information content (AvgIpc) is 2.56. The van der Waals surface area contributed by atoms with Crippen molar-refractivity contribution >= 4 is 23.6 Å². The van der Waals surface area contributed by atoms with Gasteiger partial charge in [-0.05, 0) is 17.7 Å². The molecule has 0 aromatic heterocycles. The molecule has 1 fully saturated rings. The molecule has 2 amide bonds. The number of carboxylic acid groups (broad SMARTS) is 1. The summed E-state index contributed by atoms with van der Waals surface area (Å²) in [5, 5.41) is 10.7. The van der Waals surface area contributed by atoms with Gasteiger partial charge in [0.2, 0.25) is 11.8 Å². The normalized spacial score (nSPS) is 17.5. The van der Waals surface area contributed by atoms with Gasteiger partial charge in [0, 0.05) is 19.5 Å². The van der Waals surface area contributed by atoms with E-state index in [1.54, 1.807) is 31.4 Å². The van der Waals surface area contributed by atoms with Crippen LogP contribution in [0.3, 0.4) is 0 Å². The summed E-state index contributed by atoms with van der Waals surface area (Å²) in [6.45, 7) is -0.139. The molecule has 1 unspecified atom stereocenters. The molecule has 1 aliphatic heterocycles. The first-order chi connectivity index (χ1) is 11.4. The van der Waals surface area contributed by atoms with Crippen LogP contribution in [0.1, 0.15) is 12.0 Å². The molecule has 1 saturated heterocycles. The molecule has 2 N–H and O–H groups in total. The lowest BCUT2D eigenvalue weighted by atomic mass is 9.94. The molecule has 1 aliphatic rings. The number of ketones is 1. The van der Waals surface area contributed by atoms with Crippen molar-refractivity contribution < 1.29 is 29.0 Å². The number of Topliss-reactive ketones (excluding diaryl/α,β-unsaturated/α-hetero) is 1. The maximum absolute atomic E-state index is 12.4. The molecule has 0 saturated carbocycles. The van der Waals surface area contributed by atoms with Crippen molar-refractivity contribution in [2.75, 3.05) is 20.2 Å². The van der Waals surface area contributed by atoms with Crippen LogP contribution in [0.25, 0.3) is 0 Å². The molecule has 0 spiro atoms. The van der Waals surface area contributed by atoms with Gasteiger partial charge in [0.15, 0.2) is 11.7 Å². The Bertz CT molecular complexity index is 655. The Kier molecular flexibility index (Phi) is 5.51. The third-order valence-corrected chi connectivity index (χ3v) is 3.72. The second-order valence-electron chi connectivity index (χ2n) is 5.37. The summed E-state index contributed by atoms with van der Waals surface area (Å²) >= 11 is 0. The number of rotatable bonds is 6. The maximum atomic E-state index is 12.4.